The molecule has 2 fully saturated rings. The first-order valence-corrected chi connectivity index (χ1v) is 8.15. The Morgan fingerprint density at radius 3 is 2.86 bits per heavy atom. The van der Waals surface area contributed by atoms with E-state index in [0.717, 1.165) is 12.8 Å². The molecule has 0 aromatic heterocycles. The maximum absolute atomic E-state index is 12.2. The average Bonchev–Trinajstić information content (AvgIpc) is 2.53. The molecule has 21 heavy (non-hydrogen) atoms. The van der Waals surface area contributed by atoms with Crippen LogP contribution >= 0.6 is 0 Å². The van der Waals surface area contributed by atoms with Crippen molar-refractivity contribution < 1.29 is 9.53 Å². The number of hydrogen-bond acceptors (Lipinski definition) is 2. The van der Waals surface area contributed by atoms with E-state index in [0.29, 0.717) is 24.7 Å². The first kappa shape index (κ1) is 13.3. The summed E-state index contributed by atoms with van der Waals surface area (Å²) < 4.78 is 6.30. The summed E-state index contributed by atoms with van der Waals surface area (Å²) in [6.45, 7) is 0.658. The van der Waals surface area contributed by atoms with E-state index in [1.807, 2.05) is 6.07 Å². The molecule has 110 valence electrons. The zero-order valence-electron chi connectivity index (χ0n) is 12.3. The van der Waals surface area contributed by atoms with E-state index < -0.39 is 0 Å². The number of benzene rings is 1. The lowest BCUT2D eigenvalue weighted by Gasteiger charge is -2.54. The second kappa shape index (κ2) is 5.10. The van der Waals surface area contributed by atoms with E-state index in [4.69, 9.17) is 4.74 Å². The molecule has 4 aliphatic rings. The van der Waals surface area contributed by atoms with E-state index >= 15 is 0 Å². The molecule has 2 bridgehead atoms. The minimum atomic E-state index is -0.00113. The second-order valence-electron chi connectivity index (χ2n) is 6.87. The van der Waals surface area contributed by atoms with Gasteiger partial charge >= 0.3 is 0 Å². The number of hydrogen-bond donors (Lipinski definition) is 0. The monoisotopic (exact) mass is 282 g/mol. The summed E-state index contributed by atoms with van der Waals surface area (Å²) in [5.74, 6) is 1.29. The van der Waals surface area contributed by atoms with E-state index in [-0.39, 0.29) is 17.4 Å². The topological polar surface area (TPSA) is 26.3 Å². The molecular weight excluding hydrogens is 260 g/mol. The van der Waals surface area contributed by atoms with Gasteiger partial charge in [0.15, 0.2) is 0 Å². The van der Waals surface area contributed by atoms with Crippen LogP contribution in [-0.2, 0) is 16.1 Å². The normalized spacial score (nSPS) is 37.5. The molecule has 0 unspecified atom stereocenters. The van der Waals surface area contributed by atoms with Crippen molar-refractivity contribution in [3.8, 4) is 0 Å². The number of carbonyl (C=O) groups excluding carboxylic acids is 1. The zero-order chi connectivity index (χ0) is 14.3. The van der Waals surface area contributed by atoms with E-state index in [1.165, 1.54) is 18.4 Å². The summed E-state index contributed by atoms with van der Waals surface area (Å²) in [4.78, 5) is 12.2. The molecule has 0 amide bonds. The Balaban J connectivity index is 1.55. The third kappa shape index (κ3) is 2.17. The van der Waals surface area contributed by atoms with Gasteiger partial charge in [0.1, 0.15) is 5.78 Å². The maximum atomic E-state index is 12.2. The van der Waals surface area contributed by atoms with Crippen LogP contribution in [0.4, 0.5) is 0 Å². The molecule has 1 aromatic rings. The number of Topliss-reactive ketones (excluding diaryl/α,β-unsaturated/α-hetero) is 1. The molecule has 0 saturated heterocycles. The molecule has 5 rings (SSSR count). The third-order valence-electron chi connectivity index (χ3n) is 5.74. The van der Waals surface area contributed by atoms with Crippen LogP contribution in [0.5, 0.6) is 0 Å². The van der Waals surface area contributed by atoms with Crippen molar-refractivity contribution in [1.29, 1.82) is 0 Å². The maximum Gasteiger partial charge on any atom is 0.140 e. The fourth-order valence-corrected chi connectivity index (χ4v) is 4.61. The highest BCUT2D eigenvalue weighted by molar-refractivity contribution is 5.86. The van der Waals surface area contributed by atoms with Gasteiger partial charge in [-0.25, -0.2) is 0 Å². The lowest BCUT2D eigenvalue weighted by molar-refractivity contribution is -0.144. The van der Waals surface area contributed by atoms with Gasteiger partial charge in [0, 0.05) is 17.8 Å². The Kier molecular flexibility index (Phi) is 3.22. The molecule has 2 heteroatoms. The van der Waals surface area contributed by atoms with Crippen LogP contribution in [0.25, 0.3) is 0 Å². The van der Waals surface area contributed by atoms with Crippen LogP contribution in [-0.4, -0.2) is 11.9 Å². The molecule has 4 aliphatic carbocycles. The van der Waals surface area contributed by atoms with Crippen LogP contribution < -0.4 is 0 Å². The van der Waals surface area contributed by atoms with Gasteiger partial charge in [0.25, 0.3) is 0 Å². The van der Waals surface area contributed by atoms with Gasteiger partial charge in [0.2, 0.25) is 0 Å². The highest BCUT2D eigenvalue weighted by Gasteiger charge is 2.54. The Labute approximate surface area is 126 Å². The largest absolute Gasteiger partial charge is 0.373 e. The minimum absolute atomic E-state index is 0.00113. The Hall–Kier alpha value is -1.41. The molecule has 4 atom stereocenters. The summed E-state index contributed by atoms with van der Waals surface area (Å²) in [5, 5.41) is 0. The number of rotatable bonds is 3. The number of ether oxygens (including phenoxy) is 1. The molecule has 0 aliphatic heterocycles. The van der Waals surface area contributed by atoms with Gasteiger partial charge in [-0.1, -0.05) is 48.9 Å². The van der Waals surface area contributed by atoms with Gasteiger partial charge in [-0.05, 0) is 30.7 Å². The molecule has 0 N–H and O–H groups in total. The zero-order valence-corrected chi connectivity index (χ0v) is 12.3. The van der Waals surface area contributed by atoms with Crippen molar-refractivity contribution in [2.45, 2.75) is 44.8 Å². The van der Waals surface area contributed by atoms with Crippen LogP contribution in [0.15, 0.2) is 42.5 Å². The molecule has 1 aromatic carbocycles. The molecular formula is C19H22O2. The van der Waals surface area contributed by atoms with Gasteiger partial charge in [0.05, 0.1) is 12.7 Å². The predicted octanol–water partition coefficient (Wildman–Crippen LogP) is 3.91. The highest BCUT2D eigenvalue weighted by Crippen LogP contribution is 2.56. The first-order valence-electron chi connectivity index (χ1n) is 8.15. The van der Waals surface area contributed by atoms with Crippen molar-refractivity contribution in [1.82, 2.24) is 0 Å². The summed E-state index contributed by atoms with van der Waals surface area (Å²) >= 11 is 0. The highest BCUT2D eigenvalue weighted by atomic mass is 16.5. The fraction of sp³-hybridized carbons (Fsp3) is 0.526. The number of allylic oxidation sites excluding steroid dienone is 1. The average molecular weight is 282 g/mol. The van der Waals surface area contributed by atoms with E-state index in [1.54, 1.807) is 0 Å². The smallest absolute Gasteiger partial charge is 0.140 e. The lowest BCUT2D eigenvalue weighted by atomic mass is 9.52. The van der Waals surface area contributed by atoms with Crippen molar-refractivity contribution in [2.75, 3.05) is 0 Å². The Morgan fingerprint density at radius 2 is 2.05 bits per heavy atom. The molecule has 2 nitrogen and oxygen atoms in total. The SMILES string of the molecule is O=C1C[C@]23C=C[C@H]1C[C@H]2CCC[C@@H]3OCc1ccccc1. The van der Waals surface area contributed by atoms with Gasteiger partial charge in [-0.3, -0.25) is 4.79 Å². The Bertz CT molecular complexity index is 562. The quantitative estimate of drug-likeness (QED) is 0.786. The van der Waals surface area contributed by atoms with Crippen molar-refractivity contribution in [3.63, 3.8) is 0 Å². The summed E-state index contributed by atoms with van der Waals surface area (Å²) in [5.41, 5.74) is 1.22. The molecule has 0 radical (unpaired) electrons. The third-order valence-corrected chi connectivity index (χ3v) is 5.74. The molecule has 2 saturated carbocycles. The fourth-order valence-electron chi connectivity index (χ4n) is 4.61. The standard InChI is InChI=1S/C19H22O2/c20-17-12-19-10-9-15(17)11-16(19)7-4-8-18(19)21-13-14-5-2-1-3-6-14/h1-3,5-6,9-10,15-16,18H,4,7-8,11-13H2/t15-,16+,18-,19+/m0/s1. The number of fused-ring (bicyclic) bond motifs is 1. The lowest BCUT2D eigenvalue weighted by Crippen LogP contribution is -2.53. The molecule has 0 heterocycles. The van der Waals surface area contributed by atoms with Crippen LogP contribution in [0, 0.1) is 17.3 Å². The van der Waals surface area contributed by atoms with E-state index in [9.17, 15) is 4.79 Å². The van der Waals surface area contributed by atoms with E-state index in [2.05, 4.69) is 36.4 Å². The number of carbonyl (C=O) groups is 1. The van der Waals surface area contributed by atoms with Gasteiger partial charge < -0.3 is 4.74 Å². The van der Waals surface area contributed by atoms with Gasteiger partial charge in [-0.2, -0.15) is 0 Å². The van der Waals surface area contributed by atoms with Crippen LogP contribution in [0.3, 0.4) is 0 Å². The molecule has 1 spiro atoms. The second-order valence-corrected chi connectivity index (χ2v) is 6.87. The Morgan fingerprint density at radius 1 is 1.19 bits per heavy atom. The predicted molar refractivity (Wildman–Crippen MR) is 81.7 cm³/mol. The van der Waals surface area contributed by atoms with Gasteiger partial charge in [-0.15, -0.1) is 0 Å². The first-order chi connectivity index (χ1) is 10.3. The van der Waals surface area contributed by atoms with Crippen LogP contribution in [0.1, 0.15) is 37.7 Å². The minimum Gasteiger partial charge on any atom is -0.373 e. The van der Waals surface area contributed by atoms with Crippen molar-refractivity contribution in [2.24, 2.45) is 17.3 Å². The summed E-state index contributed by atoms with van der Waals surface area (Å²) in [6.07, 6.45) is 10.1. The van der Waals surface area contributed by atoms with Crippen molar-refractivity contribution >= 4 is 5.78 Å². The van der Waals surface area contributed by atoms with Crippen molar-refractivity contribution in [3.05, 3.63) is 48.0 Å². The van der Waals surface area contributed by atoms with Crippen LogP contribution in [0.2, 0.25) is 0 Å². The summed E-state index contributed by atoms with van der Waals surface area (Å²) in [7, 11) is 0. The number of ketones is 1. The summed E-state index contributed by atoms with van der Waals surface area (Å²) in [6, 6.07) is 10.3.